The first-order valence-electron chi connectivity index (χ1n) is 4.84. The van der Waals surface area contributed by atoms with E-state index in [0.717, 1.165) is 0 Å². The van der Waals surface area contributed by atoms with Gasteiger partial charge in [0.05, 0.1) is 6.20 Å². The standard InChI is InChI=1S/C10H11N3O5/c1-5(6(2)9(15)16)8(14)13-10(17)12-7-3-11-18-4-7/h3-4H,1-2H3,(H,15,16)(H2,12,13,14,17). The third-order valence-corrected chi connectivity index (χ3v) is 2.14. The van der Waals surface area contributed by atoms with Crippen molar-refractivity contribution in [2.45, 2.75) is 13.8 Å². The molecule has 0 aliphatic rings. The average molecular weight is 253 g/mol. The lowest BCUT2D eigenvalue weighted by molar-refractivity contribution is -0.133. The van der Waals surface area contributed by atoms with E-state index in [1.54, 1.807) is 0 Å². The molecule has 3 amide bonds. The van der Waals surface area contributed by atoms with Crippen LogP contribution >= 0.6 is 0 Å². The molecule has 0 radical (unpaired) electrons. The van der Waals surface area contributed by atoms with Crippen molar-refractivity contribution in [3.05, 3.63) is 23.6 Å². The van der Waals surface area contributed by atoms with E-state index in [4.69, 9.17) is 5.11 Å². The Labute approximate surface area is 102 Å². The highest BCUT2D eigenvalue weighted by molar-refractivity contribution is 6.10. The molecule has 0 fully saturated rings. The summed E-state index contributed by atoms with van der Waals surface area (Å²) in [4.78, 5) is 33.5. The monoisotopic (exact) mass is 253 g/mol. The lowest BCUT2D eigenvalue weighted by Gasteiger charge is -2.06. The molecular weight excluding hydrogens is 242 g/mol. The van der Waals surface area contributed by atoms with Gasteiger partial charge in [-0.05, 0) is 13.8 Å². The topological polar surface area (TPSA) is 122 Å². The van der Waals surface area contributed by atoms with E-state index in [-0.39, 0.29) is 16.8 Å². The van der Waals surface area contributed by atoms with Crippen molar-refractivity contribution < 1.29 is 24.0 Å². The molecule has 1 heterocycles. The first-order chi connectivity index (χ1) is 8.41. The van der Waals surface area contributed by atoms with E-state index < -0.39 is 17.9 Å². The van der Waals surface area contributed by atoms with Gasteiger partial charge in [-0.25, -0.2) is 9.59 Å². The van der Waals surface area contributed by atoms with Gasteiger partial charge in [0.15, 0.2) is 0 Å². The van der Waals surface area contributed by atoms with Crippen molar-refractivity contribution in [1.82, 2.24) is 10.5 Å². The third kappa shape index (κ3) is 3.44. The van der Waals surface area contributed by atoms with Crippen LogP contribution in [0.15, 0.2) is 28.1 Å². The van der Waals surface area contributed by atoms with Gasteiger partial charge < -0.3 is 14.9 Å². The molecule has 96 valence electrons. The molecule has 0 aromatic carbocycles. The van der Waals surface area contributed by atoms with Crippen LogP contribution in [0.2, 0.25) is 0 Å². The van der Waals surface area contributed by atoms with Gasteiger partial charge in [0.2, 0.25) is 0 Å². The number of rotatable bonds is 3. The van der Waals surface area contributed by atoms with Crippen molar-refractivity contribution >= 4 is 23.6 Å². The average Bonchev–Trinajstić information content (AvgIpc) is 2.79. The number of hydrogen-bond acceptors (Lipinski definition) is 5. The van der Waals surface area contributed by atoms with Crippen LogP contribution in [-0.2, 0) is 9.59 Å². The zero-order valence-electron chi connectivity index (χ0n) is 9.68. The quantitative estimate of drug-likeness (QED) is 0.683. The number of carbonyl (C=O) groups excluding carboxylic acids is 2. The maximum Gasteiger partial charge on any atom is 0.331 e. The van der Waals surface area contributed by atoms with Crippen LogP contribution in [0.1, 0.15) is 13.8 Å². The molecular formula is C10H11N3O5. The van der Waals surface area contributed by atoms with Gasteiger partial charge in [-0.1, -0.05) is 5.16 Å². The Hall–Kier alpha value is -2.64. The highest BCUT2D eigenvalue weighted by atomic mass is 16.5. The predicted molar refractivity (Wildman–Crippen MR) is 59.7 cm³/mol. The molecule has 3 N–H and O–H groups in total. The van der Waals surface area contributed by atoms with Crippen LogP contribution in [-0.4, -0.2) is 28.2 Å². The molecule has 0 spiro atoms. The zero-order chi connectivity index (χ0) is 13.7. The molecule has 0 saturated heterocycles. The fourth-order valence-corrected chi connectivity index (χ4v) is 0.956. The van der Waals surface area contributed by atoms with Gasteiger partial charge in [0.25, 0.3) is 5.91 Å². The van der Waals surface area contributed by atoms with E-state index in [1.807, 2.05) is 5.32 Å². The second kappa shape index (κ2) is 5.62. The van der Waals surface area contributed by atoms with Crippen molar-refractivity contribution in [3.8, 4) is 0 Å². The number of nitrogens with zero attached hydrogens (tertiary/aromatic N) is 1. The summed E-state index contributed by atoms with van der Waals surface area (Å²) in [7, 11) is 0. The van der Waals surface area contributed by atoms with Gasteiger partial charge in [-0.3, -0.25) is 10.1 Å². The van der Waals surface area contributed by atoms with Crippen LogP contribution in [0.5, 0.6) is 0 Å². The Morgan fingerprint density at radius 3 is 2.44 bits per heavy atom. The first kappa shape index (κ1) is 13.4. The van der Waals surface area contributed by atoms with E-state index in [0.29, 0.717) is 0 Å². The second-order valence-corrected chi connectivity index (χ2v) is 3.38. The van der Waals surface area contributed by atoms with Crippen LogP contribution in [0.3, 0.4) is 0 Å². The molecule has 1 aromatic rings. The summed E-state index contributed by atoms with van der Waals surface area (Å²) in [5.41, 5.74) is 0.0881. The molecule has 8 heteroatoms. The first-order valence-corrected chi connectivity index (χ1v) is 4.84. The van der Waals surface area contributed by atoms with E-state index in [2.05, 4.69) is 15.0 Å². The molecule has 0 aliphatic carbocycles. The number of anilines is 1. The summed E-state index contributed by atoms with van der Waals surface area (Å²) in [5.74, 6) is -2.01. The van der Waals surface area contributed by atoms with Crippen molar-refractivity contribution in [3.63, 3.8) is 0 Å². The van der Waals surface area contributed by atoms with Crippen molar-refractivity contribution in [2.75, 3.05) is 5.32 Å². The van der Waals surface area contributed by atoms with Crippen LogP contribution in [0.4, 0.5) is 10.5 Å². The van der Waals surface area contributed by atoms with Gasteiger partial charge in [-0.15, -0.1) is 0 Å². The number of imide groups is 1. The minimum absolute atomic E-state index is 0.0528. The molecule has 1 aromatic heterocycles. The van der Waals surface area contributed by atoms with Crippen molar-refractivity contribution in [2.24, 2.45) is 0 Å². The lowest BCUT2D eigenvalue weighted by atomic mass is 10.1. The second-order valence-electron chi connectivity index (χ2n) is 3.38. The largest absolute Gasteiger partial charge is 0.478 e. The number of carboxylic acids is 1. The van der Waals surface area contributed by atoms with Gasteiger partial charge >= 0.3 is 12.0 Å². The van der Waals surface area contributed by atoms with Crippen LogP contribution in [0.25, 0.3) is 0 Å². The Morgan fingerprint density at radius 1 is 1.28 bits per heavy atom. The van der Waals surface area contributed by atoms with E-state index >= 15 is 0 Å². The summed E-state index contributed by atoms with van der Waals surface area (Å²) in [6, 6.07) is -0.805. The molecule has 0 bridgehead atoms. The molecule has 0 saturated carbocycles. The van der Waals surface area contributed by atoms with E-state index in [1.165, 1.54) is 26.3 Å². The zero-order valence-corrected chi connectivity index (χ0v) is 9.68. The van der Waals surface area contributed by atoms with Gasteiger partial charge in [-0.2, -0.15) is 0 Å². The number of nitrogens with one attached hydrogen (secondary N) is 2. The molecule has 0 atom stereocenters. The number of carbonyl (C=O) groups is 3. The van der Waals surface area contributed by atoms with Gasteiger partial charge in [0, 0.05) is 11.1 Å². The van der Waals surface area contributed by atoms with Gasteiger partial charge in [0.1, 0.15) is 12.0 Å². The number of amides is 3. The number of hydrogen-bond donors (Lipinski definition) is 3. The molecule has 0 aliphatic heterocycles. The van der Waals surface area contributed by atoms with Crippen molar-refractivity contribution in [1.29, 1.82) is 0 Å². The van der Waals surface area contributed by atoms with E-state index in [9.17, 15) is 14.4 Å². The van der Waals surface area contributed by atoms with Crippen LogP contribution in [0, 0.1) is 0 Å². The maximum atomic E-state index is 11.5. The Kier molecular flexibility index (Phi) is 4.19. The lowest BCUT2D eigenvalue weighted by Crippen LogP contribution is -2.35. The predicted octanol–water partition coefficient (Wildman–Crippen LogP) is 0.744. The fraction of sp³-hybridized carbons (Fsp3) is 0.200. The molecule has 18 heavy (non-hydrogen) atoms. The number of aliphatic carboxylic acids is 1. The number of carboxylic acid groups (broad SMARTS) is 1. The summed E-state index contributed by atoms with van der Waals surface area (Å²) in [6.07, 6.45) is 2.42. The number of urea groups is 1. The highest BCUT2D eigenvalue weighted by Crippen LogP contribution is 2.05. The molecule has 8 nitrogen and oxygen atoms in total. The molecule has 0 unspecified atom stereocenters. The fourth-order valence-electron chi connectivity index (χ4n) is 0.956. The maximum absolute atomic E-state index is 11.5. The Balaban J connectivity index is 2.63. The summed E-state index contributed by atoms with van der Waals surface area (Å²) >= 11 is 0. The highest BCUT2D eigenvalue weighted by Gasteiger charge is 2.15. The summed E-state index contributed by atoms with van der Waals surface area (Å²) in [6.45, 7) is 2.58. The summed E-state index contributed by atoms with van der Waals surface area (Å²) in [5, 5.41) is 16.3. The third-order valence-electron chi connectivity index (χ3n) is 2.14. The van der Waals surface area contributed by atoms with Crippen LogP contribution < -0.4 is 10.6 Å². The minimum Gasteiger partial charge on any atom is -0.478 e. The Morgan fingerprint density at radius 2 is 1.94 bits per heavy atom. The molecule has 1 rings (SSSR count). The SMILES string of the molecule is CC(C(=O)O)=C(C)C(=O)NC(=O)Nc1cnoc1. The smallest absolute Gasteiger partial charge is 0.331 e. The Bertz CT molecular complexity index is 504. The summed E-state index contributed by atoms with van der Waals surface area (Å²) < 4.78 is 4.47. The normalized spacial score (nSPS) is 11.4. The minimum atomic E-state index is -1.22. The number of aromatic nitrogens is 1.